The number of carbonyl (C=O) groups excluding carboxylic acids is 1. The molecule has 5 rings (SSSR count). The maximum Gasteiger partial charge on any atom is 0.181 e. The number of phenols is 1. The lowest BCUT2D eigenvalue weighted by Crippen LogP contribution is -2.57. The first kappa shape index (κ1) is 32.2. The van der Waals surface area contributed by atoms with Crippen LogP contribution in [0.5, 0.6) is 5.75 Å². The number of nitrogens with one attached hydrogen (secondary N) is 2. The van der Waals surface area contributed by atoms with Gasteiger partial charge < -0.3 is 30.5 Å². The molecule has 0 radical (unpaired) electrons. The number of phenolic OH excluding ortho intramolecular Hbond substituents is 1. The van der Waals surface area contributed by atoms with Crippen LogP contribution in [0.3, 0.4) is 0 Å². The van der Waals surface area contributed by atoms with Crippen molar-refractivity contribution in [1.82, 2.24) is 15.2 Å². The lowest BCUT2D eigenvalue weighted by Gasteiger charge is -2.47. The van der Waals surface area contributed by atoms with Gasteiger partial charge in [-0.05, 0) is 79.3 Å². The van der Waals surface area contributed by atoms with E-state index in [2.05, 4.69) is 38.4 Å². The van der Waals surface area contributed by atoms with E-state index < -0.39 is 6.10 Å². The summed E-state index contributed by atoms with van der Waals surface area (Å²) in [6.45, 7) is 7.76. The Balaban J connectivity index is 1.11. The summed E-state index contributed by atoms with van der Waals surface area (Å²) in [6.07, 6.45) is 3.32. The number of aryl methyl sites for hydroxylation is 1. The molecule has 9 nitrogen and oxygen atoms in total. The highest BCUT2D eigenvalue weighted by atomic mass is 32.2. The average molecular weight is 624 g/mol. The third kappa shape index (κ3) is 7.70. The molecular formula is C33H42FN5O4S. The van der Waals surface area contributed by atoms with Crippen LogP contribution in [-0.4, -0.2) is 84.2 Å². The van der Waals surface area contributed by atoms with Gasteiger partial charge in [0.15, 0.2) is 5.62 Å². The molecule has 2 fully saturated rings. The molecule has 44 heavy (non-hydrogen) atoms. The van der Waals surface area contributed by atoms with E-state index in [4.69, 9.17) is 4.74 Å². The Morgan fingerprint density at radius 3 is 2.75 bits per heavy atom. The lowest BCUT2D eigenvalue weighted by molar-refractivity contribution is -0.0922. The first-order valence-electron chi connectivity index (χ1n) is 15.1. The molecule has 2 aliphatic rings. The Morgan fingerprint density at radius 2 is 2.00 bits per heavy atom. The van der Waals surface area contributed by atoms with Crippen LogP contribution in [0.2, 0.25) is 0 Å². The van der Waals surface area contributed by atoms with Gasteiger partial charge in [0.2, 0.25) is 0 Å². The van der Waals surface area contributed by atoms with Gasteiger partial charge in [0, 0.05) is 57.4 Å². The van der Waals surface area contributed by atoms with Gasteiger partial charge in [-0.25, -0.2) is 9.37 Å². The molecular weight excluding hydrogens is 581 g/mol. The van der Waals surface area contributed by atoms with E-state index in [9.17, 15) is 19.4 Å². The highest BCUT2D eigenvalue weighted by Crippen LogP contribution is 2.39. The van der Waals surface area contributed by atoms with E-state index in [0.29, 0.717) is 46.9 Å². The van der Waals surface area contributed by atoms with Crippen LogP contribution < -0.4 is 15.5 Å². The van der Waals surface area contributed by atoms with Crippen molar-refractivity contribution >= 4 is 28.9 Å². The normalized spacial score (nSPS) is 17.5. The highest BCUT2D eigenvalue weighted by Gasteiger charge is 2.40. The van der Waals surface area contributed by atoms with Crippen molar-refractivity contribution in [3.8, 4) is 5.75 Å². The minimum absolute atomic E-state index is 0.00446. The molecule has 1 unspecified atom stereocenters. The summed E-state index contributed by atoms with van der Waals surface area (Å²) in [5, 5.41) is 27.0. The summed E-state index contributed by atoms with van der Waals surface area (Å²) in [4.78, 5) is 21.0. The molecule has 1 spiro atoms. The Bertz CT molecular complexity index is 1440. The molecule has 11 heteroatoms. The number of likely N-dealkylation sites (tertiary alicyclic amines) is 1. The van der Waals surface area contributed by atoms with E-state index >= 15 is 0 Å². The van der Waals surface area contributed by atoms with Crippen LogP contribution in [-0.2, 0) is 22.5 Å². The van der Waals surface area contributed by atoms with Gasteiger partial charge in [0.1, 0.15) is 17.4 Å². The number of thioether (sulfide) groups is 1. The van der Waals surface area contributed by atoms with Crippen LogP contribution in [0.4, 0.5) is 15.9 Å². The van der Waals surface area contributed by atoms with E-state index in [1.54, 1.807) is 19.2 Å². The fraction of sp³-hybridized carbons (Fsp3) is 0.455. The summed E-state index contributed by atoms with van der Waals surface area (Å²) in [5.41, 5.74) is 4.35. The lowest BCUT2D eigenvalue weighted by atomic mass is 9.89. The predicted molar refractivity (Wildman–Crippen MR) is 173 cm³/mol. The maximum atomic E-state index is 14.7. The number of aromatic hydroxyl groups is 1. The second kappa shape index (κ2) is 14.7. The number of anilines is 2. The van der Waals surface area contributed by atoms with Crippen molar-refractivity contribution in [3.63, 3.8) is 0 Å². The minimum Gasteiger partial charge on any atom is -0.506 e. The van der Waals surface area contributed by atoms with Crippen molar-refractivity contribution in [1.29, 1.82) is 0 Å². The number of ether oxygens (including phenoxy) is 1. The molecule has 0 aliphatic carbocycles. The first-order chi connectivity index (χ1) is 21.3. The second-order valence-corrected chi connectivity index (χ2v) is 12.5. The number of hydrogen-bond donors (Lipinski definition) is 4. The summed E-state index contributed by atoms with van der Waals surface area (Å²) in [5.74, 6) is 0.781. The number of piperidine rings is 1. The van der Waals surface area contributed by atoms with Gasteiger partial charge >= 0.3 is 0 Å². The number of benzene rings is 2. The summed E-state index contributed by atoms with van der Waals surface area (Å²) in [6, 6.07) is 12.6. The van der Waals surface area contributed by atoms with Crippen molar-refractivity contribution in [3.05, 3.63) is 76.7 Å². The van der Waals surface area contributed by atoms with Crippen LogP contribution in [0.15, 0.2) is 53.6 Å². The molecule has 2 saturated heterocycles. The molecule has 0 bridgehead atoms. The Labute approximate surface area is 262 Å². The SMILES string of the molecule is CNc1c(O)ccc(C(O)CNCCc2cc(CN3CCC4(CC3)CN(c3cc(C)ccn3)CCO4)ccc2F)c1SC=O. The van der Waals surface area contributed by atoms with Crippen LogP contribution in [0.25, 0.3) is 0 Å². The third-order valence-corrected chi connectivity index (χ3v) is 9.38. The van der Waals surface area contributed by atoms with Crippen LogP contribution >= 0.6 is 11.8 Å². The fourth-order valence-electron chi connectivity index (χ4n) is 6.17. The summed E-state index contributed by atoms with van der Waals surface area (Å²) < 4.78 is 21.1. The number of aliphatic hydroxyl groups excluding tert-OH is 1. The fourth-order valence-corrected chi connectivity index (χ4v) is 6.93. The number of halogens is 1. The summed E-state index contributed by atoms with van der Waals surface area (Å²) in [7, 11) is 1.64. The molecule has 3 aromatic rings. The maximum absolute atomic E-state index is 14.7. The zero-order chi connectivity index (χ0) is 31.1. The molecule has 0 amide bonds. The van der Waals surface area contributed by atoms with E-state index in [1.807, 2.05) is 24.4 Å². The Morgan fingerprint density at radius 1 is 1.18 bits per heavy atom. The van der Waals surface area contributed by atoms with Crippen LogP contribution in [0.1, 0.15) is 41.2 Å². The number of hydrogen-bond acceptors (Lipinski definition) is 10. The molecule has 3 heterocycles. The number of rotatable bonds is 12. The van der Waals surface area contributed by atoms with Crippen LogP contribution in [0, 0.1) is 12.7 Å². The van der Waals surface area contributed by atoms with Gasteiger partial charge in [-0.15, -0.1) is 0 Å². The Hall–Kier alpha value is -3.22. The molecule has 0 saturated carbocycles. The largest absolute Gasteiger partial charge is 0.506 e. The number of pyridine rings is 1. The van der Waals surface area contributed by atoms with Crippen molar-refractivity contribution in [2.75, 3.05) is 63.1 Å². The van der Waals surface area contributed by atoms with Gasteiger partial charge in [0.25, 0.3) is 0 Å². The number of nitrogens with zero attached hydrogens (tertiary/aromatic N) is 3. The van der Waals surface area contributed by atoms with Gasteiger partial charge in [-0.1, -0.05) is 30.0 Å². The molecule has 2 aromatic carbocycles. The molecule has 236 valence electrons. The predicted octanol–water partition coefficient (Wildman–Crippen LogP) is 4.30. The molecule has 1 aromatic heterocycles. The van der Waals surface area contributed by atoms with E-state index in [1.165, 1.54) is 11.6 Å². The highest BCUT2D eigenvalue weighted by molar-refractivity contribution is 8.12. The number of aromatic nitrogens is 1. The zero-order valence-corrected chi connectivity index (χ0v) is 26.2. The number of carbonyl (C=O) groups is 1. The minimum atomic E-state index is -0.906. The number of aliphatic hydroxyl groups is 1. The second-order valence-electron chi connectivity index (χ2n) is 11.7. The topological polar surface area (TPSA) is 110 Å². The number of morpholine rings is 1. The average Bonchev–Trinajstić information content (AvgIpc) is 3.02. The molecule has 4 N–H and O–H groups in total. The monoisotopic (exact) mass is 623 g/mol. The van der Waals surface area contributed by atoms with Gasteiger partial charge in [0.05, 0.1) is 24.0 Å². The summed E-state index contributed by atoms with van der Waals surface area (Å²) >= 11 is 0.899. The standard InChI is InChI=1S/C33H42FN5O4S/c1-23-7-12-37-30(17-23)39-15-16-43-33(21-39)9-13-38(14-10-33)20-24-3-5-27(34)25(18-24)8-11-36-19-29(42)26-4-6-28(41)31(35-2)32(26)44-22-40/h3-7,12,17-18,22,29,35-36,41-42H,8-11,13-16,19-21H2,1-2H3. The first-order valence-corrected chi connectivity index (χ1v) is 16.0. The van der Waals surface area contributed by atoms with E-state index in [-0.39, 0.29) is 23.7 Å². The third-order valence-electron chi connectivity index (χ3n) is 8.61. The molecule has 2 aliphatic heterocycles. The van der Waals surface area contributed by atoms with Crippen molar-refractivity contribution < 1.29 is 24.1 Å². The van der Waals surface area contributed by atoms with Crippen molar-refractivity contribution in [2.24, 2.45) is 0 Å². The van der Waals surface area contributed by atoms with E-state index in [0.717, 1.165) is 68.7 Å². The Kier molecular flexibility index (Phi) is 10.8. The van der Waals surface area contributed by atoms with Crippen molar-refractivity contribution in [2.45, 2.75) is 49.3 Å². The zero-order valence-electron chi connectivity index (χ0n) is 25.4. The smallest absolute Gasteiger partial charge is 0.181 e. The van der Waals surface area contributed by atoms with Gasteiger partial charge in [-0.2, -0.15) is 0 Å². The van der Waals surface area contributed by atoms with Gasteiger partial charge in [-0.3, -0.25) is 9.69 Å². The molecule has 1 atom stereocenters. The quantitative estimate of drug-likeness (QED) is 0.101.